The first-order valence-electron chi connectivity index (χ1n) is 19.7. The van der Waals surface area contributed by atoms with Crippen molar-refractivity contribution in [2.75, 3.05) is 17.7 Å². The molecule has 0 radical (unpaired) electrons. The fourth-order valence-corrected chi connectivity index (χ4v) is 7.50. The summed E-state index contributed by atoms with van der Waals surface area (Å²) in [6.45, 7) is 4.02. The summed E-state index contributed by atoms with van der Waals surface area (Å²) in [5.41, 5.74) is 11.3. The molecule has 3 heterocycles. The average Bonchev–Trinajstić information content (AvgIpc) is 3.64. The van der Waals surface area contributed by atoms with Gasteiger partial charge in [-0.05, 0) is 107 Å². The van der Waals surface area contributed by atoms with Crippen LogP contribution in [0.2, 0.25) is 0 Å². The monoisotopic (exact) mass is 844 g/mol. The molecule has 60 heavy (non-hydrogen) atoms. The lowest BCUT2D eigenvalue weighted by Crippen LogP contribution is -2.50. The first-order valence-corrected chi connectivity index (χ1v) is 19.7. The summed E-state index contributed by atoms with van der Waals surface area (Å²) in [6.07, 6.45) is 1.55. The fraction of sp³-hybridized carbons (Fsp3) is 0.463. The number of alkyl halides is 6. The summed E-state index contributed by atoms with van der Waals surface area (Å²) in [6, 6.07) is 7.88. The van der Waals surface area contributed by atoms with Crippen LogP contribution < -0.4 is 16.8 Å². The van der Waals surface area contributed by atoms with Crippen molar-refractivity contribution in [2.24, 2.45) is 5.73 Å². The number of carbonyl (C=O) groups is 4. The van der Waals surface area contributed by atoms with Crippen molar-refractivity contribution in [3.63, 3.8) is 0 Å². The second-order valence-corrected chi connectivity index (χ2v) is 15.3. The molecule has 3 unspecified atom stereocenters. The first-order chi connectivity index (χ1) is 28.3. The van der Waals surface area contributed by atoms with Gasteiger partial charge in [-0.25, -0.2) is 9.67 Å². The average molecular weight is 845 g/mol. The molecular weight excluding hydrogens is 798 g/mol. The predicted octanol–water partition coefficient (Wildman–Crippen LogP) is 7.45. The third-order valence-corrected chi connectivity index (χ3v) is 11.4. The zero-order valence-corrected chi connectivity index (χ0v) is 32.9. The Balaban J connectivity index is 0.000000233. The molecule has 2 aliphatic carbocycles. The number of hydrogen-bond acceptors (Lipinski definition) is 8. The maximum Gasteiger partial charge on any atom is 0.416 e. The van der Waals surface area contributed by atoms with Gasteiger partial charge in [-0.3, -0.25) is 19.2 Å². The van der Waals surface area contributed by atoms with Gasteiger partial charge in [0.05, 0.1) is 40.5 Å². The number of fused-ring (bicyclic) bond motifs is 1. The summed E-state index contributed by atoms with van der Waals surface area (Å²) in [7, 11) is 0. The minimum atomic E-state index is -4.46. The van der Waals surface area contributed by atoms with Crippen molar-refractivity contribution in [1.29, 1.82) is 0 Å². The second kappa shape index (κ2) is 17.9. The summed E-state index contributed by atoms with van der Waals surface area (Å²) < 4.78 is 84.2. The molecule has 3 fully saturated rings. The van der Waals surface area contributed by atoms with Crippen LogP contribution >= 0.6 is 0 Å². The first kappa shape index (κ1) is 43.8. The van der Waals surface area contributed by atoms with Crippen LogP contribution in [0.4, 0.5) is 37.8 Å². The van der Waals surface area contributed by atoms with Gasteiger partial charge in [-0.2, -0.15) is 31.4 Å². The number of nitrogens with one attached hydrogen (secondary N) is 1. The number of anilines is 2. The van der Waals surface area contributed by atoms with Crippen LogP contribution in [0.1, 0.15) is 112 Å². The molecule has 13 nitrogen and oxygen atoms in total. The number of primary amides is 1. The lowest BCUT2D eigenvalue weighted by molar-refractivity contribution is -0.149. The van der Waals surface area contributed by atoms with Gasteiger partial charge in [-0.15, -0.1) is 0 Å². The van der Waals surface area contributed by atoms with Gasteiger partial charge in [-0.1, -0.05) is 24.3 Å². The van der Waals surface area contributed by atoms with Gasteiger partial charge in [0.25, 0.3) is 0 Å². The zero-order chi connectivity index (χ0) is 43.5. The van der Waals surface area contributed by atoms with E-state index in [0.717, 1.165) is 69.2 Å². The van der Waals surface area contributed by atoms with E-state index in [2.05, 4.69) is 15.4 Å². The predicted molar refractivity (Wildman–Crippen MR) is 207 cm³/mol. The van der Waals surface area contributed by atoms with Crippen molar-refractivity contribution < 1.29 is 50.3 Å². The molecule has 3 atom stereocenters. The van der Waals surface area contributed by atoms with E-state index in [4.69, 9.17) is 16.2 Å². The van der Waals surface area contributed by atoms with Gasteiger partial charge in [0.2, 0.25) is 0 Å². The highest BCUT2D eigenvalue weighted by Crippen LogP contribution is 2.37. The number of amides is 4. The van der Waals surface area contributed by atoms with E-state index < -0.39 is 59.2 Å². The van der Waals surface area contributed by atoms with Crippen LogP contribution in [0.3, 0.4) is 0 Å². The molecule has 0 bridgehead atoms. The van der Waals surface area contributed by atoms with Crippen LogP contribution in [0.15, 0.2) is 60.9 Å². The fourth-order valence-electron chi connectivity index (χ4n) is 7.50. The molecule has 0 spiro atoms. The van der Waals surface area contributed by atoms with Crippen molar-refractivity contribution in [3.05, 3.63) is 83.2 Å². The van der Waals surface area contributed by atoms with Crippen LogP contribution in [-0.4, -0.2) is 66.9 Å². The Bertz CT molecular complexity index is 2180. The number of aromatic nitrogens is 3. The minimum Gasteiger partial charge on any atom is -0.383 e. The Morgan fingerprint density at radius 1 is 0.767 bits per heavy atom. The third-order valence-electron chi connectivity index (χ3n) is 11.4. The van der Waals surface area contributed by atoms with Gasteiger partial charge >= 0.3 is 36.0 Å². The SMILES string of the molecule is CC(c1ccc(C(F)(F)F)cc1)N(C(=O)C(=O)Nc1cnc(N)c2cn(C3CCCCO3)nc12)C1CCC1.CC(c1ccc(C(F)(F)F)cc1)N(C(=O)C(N)=O)C1CCC1. The molecule has 5 N–H and O–H groups in total. The molecule has 4 amide bonds. The third kappa shape index (κ3) is 9.66. The van der Waals surface area contributed by atoms with E-state index in [1.807, 2.05) is 0 Å². The maximum atomic E-state index is 13.4. The Labute approximate surface area is 341 Å². The summed E-state index contributed by atoms with van der Waals surface area (Å²) in [5, 5.41) is 7.73. The van der Waals surface area contributed by atoms with Crippen LogP contribution in [0, 0.1) is 0 Å². The highest BCUT2D eigenvalue weighted by Gasteiger charge is 2.38. The van der Waals surface area contributed by atoms with Crippen molar-refractivity contribution >= 4 is 46.0 Å². The standard InChI is InChI=1S/C26H29F3N6O3.C15H17F3N2O2/c1-15(16-8-10-17(11-9-16)26(27,28)29)35(18-5-4-6-18)25(37)24(36)32-20-13-31-23(30)19-14-34(33-22(19)20)21-7-2-3-12-38-21;1-9(10-5-7-11(8-6-10)15(16,17)18)20(12-3-2-4-12)14(22)13(19)21/h8-11,13-15,18,21H,2-7,12H2,1H3,(H2,30,31)(H,32,36);5-9,12H,2-4H2,1H3,(H2,19,21). The number of carbonyl (C=O) groups excluding carboxylic acids is 4. The van der Waals surface area contributed by atoms with Crippen LogP contribution in [0.5, 0.6) is 0 Å². The lowest BCUT2D eigenvalue weighted by Gasteiger charge is -2.41. The topological polar surface area (TPSA) is 179 Å². The number of rotatable bonds is 8. The van der Waals surface area contributed by atoms with Crippen molar-refractivity contribution in [2.45, 2.75) is 114 Å². The molecule has 3 aliphatic rings. The molecule has 2 saturated carbocycles. The van der Waals surface area contributed by atoms with Gasteiger partial charge in [0.1, 0.15) is 17.6 Å². The minimum absolute atomic E-state index is 0.0858. The highest BCUT2D eigenvalue weighted by atomic mass is 19.4. The largest absolute Gasteiger partial charge is 0.416 e. The maximum absolute atomic E-state index is 13.4. The van der Waals surface area contributed by atoms with Gasteiger partial charge < -0.3 is 31.3 Å². The molecule has 2 aromatic carbocycles. The zero-order valence-electron chi connectivity index (χ0n) is 32.9. The molecule has 322 valence electrons. The summed E-state index contributed by atoms with van der Waals surface area (Å²) in [5.74, 6) is -3.27. The number of nitrogens with two attached hydrogens (primary N) is 2. The van der Waals surface area contributed by atoms with E-state index >= 15 is 0 Å². The van der Waals surface area contributed by atoms with E-state index in [1.165, 1.54) is 40.3 Å². The molecule has 1 aliphatic heterocycles. The normalized spacial score (nSPS) is 18.2. The summed E-state index contributed by atoms with van der Waals surface area (Å²) >= 11 is 0. The van der Waals surface area contributed by atoms with E-state index in [1.54, 1.807) is 24.7 Å². The Morgan fingerprint density at radius 2 is 1.27 bits per heavy atom. The molecule has 1 saturated heterocycles. The van der Waals surface area contributed by atoms with Crippen LogP contribution in [0.25, 0.3) is 10.9 Å². The Morgan fingerprint density at radius 3 is 1.68 bits per heavy atom. The number of nitrogens with zero attached hydrogens (tertiary/aromatic N) is 5. The van der Waals surface area contributed by atoms with E-state index in [9.17, 15) is 45.5 Å². The Hall–Kier alpha value is -5.72. The lowest BCUT2D eigenvalue weighted by atomic mass is 9.89. The van der Waals surface area contributed by atoms with E-state index in [0.29, 0.717) is 41.5 Å². The van der Waals surface area contributed by atoms with Crippen LogP contribution in [-0.2, 0) is 36.3 Å². The summed E-state index contributed by atoms with van der Waals surface area (Å²) in [4.78, 5) is 56.8. The van der Waals surface area contributed by atoms with Gasteiger partial charge in [0, 0.05) is 24.9 Å². The van der Waals surface area contributed by atoms with Gasteiger partial charge in [0.15, 0.2) is 0 Å². The molecule has 2 aromatic heterocycles. The smallest absolute Gasteiger partial charge is 0.383 e. The number of hydrogen-bond donors (Lipinski definition) is 3. The quantitative estimate of drug-likeness (QED) is 0.121. The Kier molecular flexibility index (Phi) is 13.1. The molecule has 4 aromatic rings. The second-order valence-electron chi connectivity index (χ2n) is 15.3. The number of pyridine rings is 1. The number of halogens is 6. The van der Waals surface area contributed by atoms with Crippen molar-refractivity contribution in [3.8, 4) is 0 Å². The molecule has 19 heteroatoms. The van der Waals surface area contributed by atoms with Crippen molar-refractivity contribution in [1.82, 2.24) is 24.6 Å². The highest BCUT2D eigenvalue weighted by molar-refractivity contribution is 6.40. The number of ether oxygens (including phenoxy) is 1. The molecule has 7 rings (SSSR count). The number of nitrogen functional groups attached to an aromatic ring is 1. The number of benzene rings is 2. The van der Waals surface area contributed by atoms with E-state index in [-0.39, 0.29) is 29.8 Å². The molecular formula is C41H46F6N8O5.